The molecule has 0 unspecified atom stereocenters. The molecule has 96 valence electrons. The lowest BCUT2D eigenvalue weighted by Gasteiger charge is -2.08. The van der Waals surface area contributed by atoms with Crippen molar-refractivity contribution in [2.24, 2.45) is 0 Å². The summed E-state index contributed by atoms with van der Waals surface area (Å²) in [5.41, 5.74) is 1.86. The molecule has 0 bridgehead atoms. The zero-order valence-corrected chi connectivity index (χ0v) is 10.6. The first-order valence-electron chi connectivity index (χ1n) is 6.19. The van der Waals surface area contributed by atoms with Crippen molar-refractivity contribution in [1.29, 1.82) is 10.8 Å². The summed E-state index contributed by atoms with van der Waals surface area (Å²) < 4.78 is 5.22. The summed E-state index contributed by atoms with van der Waals surface area (Å²) in [5.74, 6) is 0.149. The van der Waals surface area contributed by atoms with Gasteiger partial charge < -0.3 is 4.74 Å². The molecule has 0 saturated heterocycles. The maximum atomic E-state index is 7.78. The number of ether oxygens (including phenoxy) is 1. The Hall–Kier alpha value is -2.42. The lowest BCUT2D eigenvalue weighted by molar-refractivity contribution is 0.516. The molecule has 0 radical (unpaired) electrons. The number of rotatable bonds is 4. The third kappa shape index (κ3) is 4.07. The van der Waals surface area contributed by atoms with Crippen molar-refractivity contribution in [1.82, 2.24) is 0 Å². The van der Waals surface area contributed by atoms with Gasteiger partial charge in [0.1, 0.15) is 0 Å². The maximum Gasteiger partial charge on any atom is 0.220 e. The Balaban J connectivity index is 1.83. The average molecular weight is 252 g/mol. The minimum Gasteiger partial charge on any atom is -0.425 e. The minimum absolute atomic E-state index is 0.0265. The van der Waals surface area contributed by atoms with Crippen molar-refractivity contribution < 1.29 is 4.74 Å². The van der Waals surface area contributed by atoms with E-state index in [1.807, 2.05) is 48.5 Å². The average Bonchev–Trinajstić information content (AvgIpc) is 2.47. The minimum atomic E-state index is 0.0265. The van der Waals surface area contributed by atoms with E-state index in [0.717, 1.165) is 6.42 Å². The Morgan fingerprint density at radius 3 is 2.05 bits per heavy atom. The molecule has 3 nitrogen and oxygen atoms in total. The second-order valence-corrected chi connectivity index (χ2v) is 4.21. The van der Waals surface area contributed by atoms with Crippen molar-refractivity contribution in [2.45, 2.75) is 12.8 Å². The molecule has 2 rings (SSSR count). The van der Waals surface area contributed by atoms with Crippen LogP contribution in [-0.2, 0) is 11.2 Å². The zero-order chi connectivity index (χ0) is 13.5. The Kier molecular flexibility index (Phi) is 4.45. The van der Waals surface area contributed by atoms with Gasteiger partial charge in [-0.05, 0) is 24.1 Å². The normalized spacial score (nSPS) is 9.89. The first-order chi connectivity index (χ1) is 9.25. The van der Waals surface area contributed by atoms with Crippen LogP contribution >= 0.6 is 0 Å². The maximum absolute atomic E-state index is 7.78. The van der Waals surface area contributed by atoms with E-state index >= 15 is 0 Å². The van der Waals surface area contributed by atoms with Crippen molar-refractivity contribution in [3.8, 4) is 0 Å². The highest BCUT2D eigenvalue weighted by molar-refractivity contribution is 5.99. The molecule has 0 heterocycles. The van der Waals surface area contributed by atoms with Gasteiger partial charge >= 0.3 is 0 Å². The van der Waals surface area contributed by atoms with E-state index in [2.05, 4.69) is 0 Å². The second kappa shape index (κ2) is 6.50. The summed E-state index contributed by atoms with van der Waals surface area (Å²) in [6.45, 7) is 0. The van der Waals surface area contributed by atoms with Crippen LogP contribution in [0.1, 0.15) is 17.5 Å². The van der Waals surface area contributed by atoms with Gasteiger partial charge in [0.15, 0.2) is 5.90 Å². The molecule has 0 spiro atoms. The van der Waals surface area contributed by atoms with Gasteiger partial charge in [-0.1, -0.05) is 48.5 Å². The lowest BCUT2D eigenvalue weighted by atomic mass is 10.1. The standard InChI is InChI=1S/C16H16N2O/c17-15(12-11-13-7-3-1-4-8-13)19-16(18)14-9-5-2-6-10-14/h1-10,17-18H,11-12H2. The van der Waals surface area contributed by atoms with Crippen molar-refractivity contribution in [3.63, 3.8) is 0 Å². The smallest absolute Gasteiger partial charge is 0.220 e. The number of nitrogens with one attached hydrogen (secondary N) is 2. The molecule has 19 heavy (non-hydrogen) atoms. The third-order valence-electron chi connectivity index (χ3n) is 2.74. The van der Waals surface area contributed by atoms with E-state index < -0.39 is 0 Å². The predicted octanol–water partition coefficient (Wildman–Crippen LogP) is 3.64. The van der Waals surface area contributed by atoms with E-state index in [9.17, 15) is 0 Å². The molecule has 0 aliphatic rings. The Morgan fingerprint density at radius 1 is 0.842 bits per heavy atom. The lowest BCUT2D eigenvalue weighted by Crippen LogP contribution is -2.12. The highest BCUT2D eigenvalue weighted by Gasteiger charge is 2.06. The molecule has 2 N–H and O–H groups in total. The van der Waals surface area contributed by atoms with E-state index in [1.54, 1.807) is 12.1 Å². The number of hydrogen-bond acceptors (Lipinski definition) is 3. The Morgan fingerprint density at radius 2 is 1.42 bits per heavy atom. The van der Waals surface area contributed by atoms with Gasteiger partial charge in [-0.25, -0.2) is 0 Å². The molecule has 0 fully saturated rings. The molecule has 0 aromatic heterocycles. The molecule has 0 amide bonds. The highest BCUT2D eigenvalue weighted by Crippen LogP contribution is 2.06. The van der Waals surface area contributed by atoms with Crippen LogP contribution < -0.4 is 0 Å². The predicted molar refractivity (Wildman–Crippen MR) is 76.8 cm³/mol. The summed E-state index contributed by atoms with van der Waals surface area (Å²) in [7, 11) is 0. The Labute approximate surface area is 112 Å². The largest absolute Gasteiger partial charge is 0.425 e. The monoisotopic (exact) mass is 252 g/mol. The quantitative estimate of drug-likeness (QED) is 0.633. The van der Waals surface area contributed by atoms with Crippen LogP contribution in [0.4, 0.5) is 0 Å². The van der Waals surface area contributed by atoms with E-state index in [0.29, 0.717) is 12.0 Å². The number of hydrogen-bond donors (Lipinski definition) is 2. The first-order valence-corrected chi connectivity index (χ1v) is 6.19. The van der Waals surface area contributed by atoms with Crippen LogP contribution in [0.2, 0.25) is 0 Å². The fraction of sp³-hybridized carbons (Fsp3) is 0.125. The van der Waals surface area contributed by atoms with Gasteiger partial charge in [0, 0.05) is 12.0 Å². The van der Waals surface area contributed by atoms with Crippen molar-refractivity contribution in [3.05, 3.63) is 71.8 Å². The van der Waals surface area contributed by atoms with Crippen molar-refractivity contribution >= 4 is 11.8 Å². The molecular weight excluding hydrogens is 236 g/mol. The third-order valence-corrected chi connectivity index (χ3v) is 2.74. The molecule has 0 atom stereocenters. The summed E-state index contributed by atoms with van der Waals surface area (Å²) in [6.07, 6.45) is 1.25. The van der Waals surface area contributed by atoms with E-state index in [1.165, 1.54) is 5.56 Å². The van der Waals surface area contributed by atoms with Gasteiger partial charge in [-0.15, -0.1) is 0 Å². The number of benzene rings is 2. The second-order valence-electron chi connectivity index (χ2n) is 4.21. The molecule has 0 saturated carbocycles. The fourth-order valence-electron chi connectivity index (χ4n) is 1.73. The van der Waals surface area contributed by atoms with E-state index in [-0.39, 0.29) is 11.8 Å². The molecule has 2 aromatic carbocycles. The molecule has 3 heteroatoms. The molecule has 0 aliphatic carbocycles. The van der Waals surface area contributed by atoms with Gasteiger partial charge in [0.25, 0.3) is 0 Å². The van der Waals surface area contributed by atoms with Gasteiger partial charge in [0.2, 0.25) is 5.90 Å². The van der Waals surface area contributed by atoms with Crippen LogP contribution in [-0.4, -0.2) is 11.8 Å². The summed E-state index contributed by atoms with van der Waals surface area (Å²) in [4.78, 5) is 0. The molecule has 0 aliphatic heterocycles. The van der Waals surface area contributed by atoms with Crippen LogP contribution in [0.5, 0.6) is 0 Å². The van der Waals surface area contributed by atoms with Crippen LogP contribution in [0.25, 0.3) is 0 Å². The van der Waals surface area contributed by atoms with Crippen LogP contribution in [0.15, 0.2) is 60.7 Å². The van der Waals surface area contributed by atoms with Gasteiger partial charge in [-0.2, -0.15) is 0 Å². The molecule has 2 aromatic rings. The zero-order valence-electron chi connectivity index (χ0n) is 10.6. The Bertz CT molecular complexity index is 549. The topological polar surface area (TPSA) is 56.9 Å². The van der Waals surface area contributed by atoms with Crippen LogP contribution in [0.3, 0.4) is 0 Å². The summed E-state index contributed by atoms with van der Waals surface area (Å²) in [6, 6.07) is 19.2. The van der Waals surface area contributed by atoms with Crippen molar-refractivity contribution in [2.75, 3.05) is 0 Å². The molecular formula is C16H16N2O. The van der Waals surface area contributed by atoms with Gasteiger partial charge in [0.05, 0.1) is 0 Å². The highest BCUT2D eigenvalue weighted by atomic mass is 16.5. The summed E-state index contributed by atoms with van der Waals surface area (Å²) in [5, 5.41) is 15.5. The SMILES string of the molecule is N=C(CCc1ccccc1)OC(=N)c1ccccc1. The first kappa shape index (κ1) is 13.0. The number of aryl methyl sites for hydroxylation is 1. The van der Waals surface area contributed by atoms with Crippen LogP contribution in [0, 0.1) is 10.8 Å². The van der Waals surface area contributed by atoms with E-state index in [4.69, 9.17) is 15.6 Å². The van der Waals surface area contributed by atoms with Gasteiger partial charge in [-0.3, -0.25) is 10.8 Å². The summed E-state index contributed by atoms with van der Waals surface area (Å²) >= 11 is 0. The fourth-order valence-corrected chi connectivity index (χ4v) is 1.73.